The summed E-state index contributed by atoms with van der Waals surface area (Å²) >= 11 is 0. The quantitative estimate of drug-likeness (QED) is 0.723. The van der Waals surface area contributed by atoms with Crippen LogP contribution in [0.15, 0.2) is 30.3 Å². The van der Waals surface area contributed by atoms with Gasteiger partial charge in [0.15, 0.2) is 0 Å². The van der Waals surface area contributed by atoms with Crippen molar-refractivity contribution < 1.29 is 4.79 Å². The van der Waals surface area contributed by atoms with Gasteiger partial charge in [-0.15, -0.1) is 0 Å². The minimum Gasteiger partial charge on any atom is -0.358 e. The van der Waals surface area contributed by atoms with Gasteiger partial charge in [0, 0.05) is 30.6 Å². The van der Waals surface area contributed by atoms with Crippen molar-refractivity contribution in [3.8, 4) is 0 Å². The summed E-state index contributed by atoms with van der Waals surface area (Å²) in [6, 6.07) is 10.3. The largest absolute Gasteiger partial charge is 0.358 e. The number of carbonyl (C=O) groups is 1. The van der Waals surface area contributed by atoms with Crippen molar-refractivity contribution in [2.24, 2.45) is 5.73 Å². The number of aromatic nitrogens is 1. The van der Waals surface area contributed by atoms with Crippen LogP contribution in [0.2, 0.25) is 0 Å². The molecule has 4 heteroatoms. The Labute approximate surface area is 107 Å². The van der Waals surface area contributed by atoms with Crippen LogP contribution in [-0.2, 0) is 11.2 Å². The highest BCUT2D eigenvalue weighted by molar-refractivity contribution is 5.80. The van der Waals surface area contributed by atoms with Crippen LogP contribution in [-0.4, -0.2) is 24.0 Å². The van der Waals surface area contributed by atoms with Gasteiger partial charge in [-0.25, -0.2) is 0 Å². The van der Waals surface area contributed by atoms with Crippen molar-refractivity contribution in [3.63, 3.8) is 0 Å². The third-order valence-corrected chi connectivity index (χ3v) is 2.91. The number of hydrogen-bond acceptors (Lipinski definition) is 2. The van der Waals surface area contributed by atoms with Crippen LogP contribution in [0, 0.1) is 0 Å². The van der Waals surface area contributed by atoms with E-state index >= 15 is 0 Å². The molecule has 0 spiro atoms. The second-order valence-corrected chi connectivity index (χ2v) is 4.37. The van der Waals surface area contributed by atoms with E-state index in [1.54, 1.807) is 0 Å². The first-order chi connectivity index (χ1) is 8.79. The van der Waals surface area contributed by atoms with Gasteiger partial charge in [0.2, 0.25) is 5.91 Å². The van der Waals surface area contributed by atoms with Crippen molar-refractivity contribution in [3.05, 3.63) is 36.0 Å². The Hall–Kier alpha value is -1.81. The van der Waals surface area contributed by atoms with Gasteiger partial charge in [-0.05, 0) is 30.5 Å². The lowest BCUT2D eigenvalue weighted by molar-refractivity contribution is -0.121. The number of fused-ring (bicyclic) bond motifs is 1. The van der Waals surface area contributed by atoms with Crippen LogP contribution in [0.3, 0.4) is 0 Å². The molecule has 4 N–H and O–H groups in total. The maximum atomic E-state index is 11.4. The normalized spacial score (nSPS) is 10.7. The van der Waals surface area contributed by atoms with E-state index in [1.807, 2.05) is 12.1 Å². The Morgan fingerprint density at radius 2 is 2.17 bits per heavy atom. The van der Waals surface area contributed by atoms with E-state index in [4.69, 9.17) is 5.73 Å². The van der Waals surface area contributed by atoms with Gasteiger partial charge in [-0.2, -0.15) is 0 Å². The molecule has 96 valence electrons. The average molecular weight is 245 g/mol. The summed E-state index contributed by atoms with van der Waals surface area (Å²) in [7, 11) is 0. The van der Waals surface area contributed by atoms with Crippen LogP contribution >= 0.6 is 0 Å². The zero-order chi connectivity index (χ0) is 12.8. The summed E-state index contributed by atoms with van der Waals surface area (Å²) in [5.41, 5.74) is 7.64. The number of carbonyl (C=O) groups excluding carboxylic acids is 1. The molecule has 2 rings (SSSR count). The van der Waals surface area contributed by atoms with Crippen molar-refractivity contribution in [1.29, 1.82) is 0 Å². The van der Waals surface area contributed by atoms with E-state index in [2.05, 4.69) is 28.5 Å². The van der Waals surface area contributed by atoms with Crippen LogP contribution in [0.25, 0.3) is 10.9 Å². The average Bonchev–Trinajstić information content (AvgIpc) is 2.79. The SMILES string of the molecule is NCCCC(=O)NCCc1cc2ccccc2[nH]1. The van der Waals surface area contributed by atoms with Gasteiger partial charge >= 0.3 is 0 Å². The highest BCUT2D eigenvalue weighted by atomic mass is 16.1. The van der Waals surface area contributed by atoms with E-state index in [9.17, 15) is 4.79 Å². The van der Waals surface area contributed by atoms with Crippen molar-refractivity contribution >= 4 is 16.8 Å². The van der Waals surface area contributed by atoms with Crippen LogP contribution in [0.4, 0.5) is 0 Å². The van der Waals surface area contributed by atoms with E-state index in [1.165, 1.54) is 5.39 Å². The first-order valence-corrected chi connectivity index (χ1v) is 6.33. The molecule has 0 aliphatic carbocycles. The van der Waals surface area contributed by atoms with Crippen molar-refractivity contribution in [2.45, 2.75) is 19.3 Å². The number of H-pyrrole nitrogens is 1. The summed E-state index contributed by atoms with van der Waals surface area (Å²) in [4.78, 5) is 14.7. The molecule has 4 nitrogen and oxygen atoms in total. The molecule has 1 heterocycles. The Morgan fingerprint density at radius 3 is 2.94 bits per heavy atom. The second-order valence-electron chi connectivity index (χ2n) is 4.37. The first kappa shape index (κ1) is 12.6. The molecule has 18 heavy (non-hydrogen) atoms. The molecule has 0 fully saturated rings. The molecule has 2 aromatic rings. The number of rotatable bonds is 6. The lowest BCUT2D eigenvalue weighted by Gasteiger charge is -2.03. The molecule has 1 aromatic carbocycles. The van der Waals surface area contributed by atoms with E-state index < -0.39 is 0 Å². The number of benzene rings is 1. The van der Waals surface area contributed by atoms with E-state index in [0.29, 0.717) is 19.5 Å². The molecule has 1 amide bonds. The summed E-state index contributed by atoms with van der Waals surface area (Å²) in [6.07, 6.45) is 2.09. The molecular weight excluding hydrogens is 226 g/mol. The monoisotopic (exact) mass is 245 g/mol. The molecule has 0 bridgehead atoms. The number of amides is 1. The van der Waals surface area contributed by atoms with Crippen molar-refractivity contribution in [1.82, 2.24) is 10.3 Å². The number of hydrogen-bond donors (Lipinski definition) is 3. The highest BCUT2D eigenvalue weighted by Crippen LogP contribution is 2.14. The molecule has 1 aromatic heterocycles. The zero-order valence-corrected chi connectivity index (χ0v) is 10.4. The molecule has 0 saturated heterocycles. The lowest BCUT2D eigenvalue weighted by atomic mass is 10.2. The number of para-hydroxylation sites is 1. The molecule has 0 atom stereocenters. The molecule has 0 unspecified atom stereocenters. The molecular formula is C14H19N3O. The third kappa shape index (κ3) is 3.34. The Morgan fingerprint density at radius 1 is 1.33 bits per heavy atom. The van der Waals surface area contributed by atoms with E-state index in [0.717, 1.165) is 24.1 Å². The van der Waals surface area contributed by atoms with Crippen LogP contribution in [0.1, 0.15) is 18.5 Å². The molecule has 0 aliphatic heterocycles. The summed E-state index contributed by atoms with van der Waals surface area (Å²) in [6.45, 7) is 1.23. The van der Waals surface area contributed by atoms with Gasteiger partial charge in [0.1, 0.15) is 0 Å². The topological polar surface area (TPSA) is 70.9 Å². The fourth-order valence-corrected chi connectivity index (χ4v) is 1.96. The fraction of sp³-hybridized carbons (Fsp3) is 0.357. The third-order valence-electron chi connectivity index (χ3n) is 2.91. The maximum Gasteiger partial charge on any atom is 0.220 e. The summed E-state index contributed by atoms with van der Waals surface area (Å²) in [5.74, 6) is 0.0801. The van der Waals surface area contributed by atoms with Gasteiger partial charge < -0.3 is 16.0 Å². The number of nitrogens with one attached hydrogen (secondary N) is 2. The van der Waals surface area contributed by atoms with Gasteiger partial charge in [-0.1, -0.05) is 18.2 Å². The van der Waals surface area contributed by atoms with Crippen molar-refractivity contribution in [2.75, 3.05) is 13.1 Å². The number of aromatic amines is 1. The maximum absolute atomic E-state index is 11.4. The fourth-order valence-electron chi connectivity index (χ4n) is 1.96. The minimum absolute atomic E-state index is 0.0801. The predicted octanol–water partition coefficient (Wildman–Crippen LogP) is 1.57. The molecule has 0 saturated carbocycles. The predicted molar refractivity (Wildman–Crippen MR) is 73.3 cm³/mol. The summed E-state index contributed by atoms with van der Waals surface area (Å²) < 4.78 is 0. The Kier molecular flexibility index (Phi) is 4.36. The van der Waals surface area contributed by atoms with Gasteiger partial charge in [-0.3, -0.25) is 4.79 Å². The Balaban J connectivity index is 1.81. The molecule has 0 radical (unpaired) electrons. The van der Waals surface area contributed by atoms with E-state index in [-0.39, 0.29) is 5.91 Å². The van der Waals surface area contributed by atoms with Crippen LogP contribution < -0.4 is 11.1 Å². The van der Waals surface area contributed by atoms with Gasteiger partial charge in [0.25, 0.3) is 0 Å². The Bertz CT molecular complexity index is 485. The highest BCUT2D eigenvalue weighted by Gasteiger charge is 2.02. The smallest absolute Gasteiger partial charge is 0.220 e. The van der Waals surface area contributed by atoms with Crippen LogP contribution in [0.5, 0.6) is 0 Å². The standard InChI is InChI=1S/C14H19N3O/c15-8-3-6-14(18)16-9-7-12-10-11-4-1-2-5-13(11)17-12/h1-2,4-5,10,17H,3,6-9,15H2,(H,16,18). The first-order valence-electron chi connectivity index (χ1n) is 6.33. The second kappa shape index (κ2) is 6.21. The lowest BCUT2D eigenvalue weighted by Crippen LogP contribution is -2.26. The van der Waals surface area contributed by atoms with Gasteiger partial charge in [0.05, 0.1) is 0 Å². The zero-order valence-electron chi connectivity index (χ0n) is 10.4. The number of nitrogens with two attached hydrogens (primary N) is 1. The molecule has 0 aliphatic rings. The summed E-state index contributed by atoms with van der Waals surface area (Å²) in [5, 5.41) is 4.11. The minimum atomic E-state index is 0.0801.